The number of fused-ring (bicyclic) bond motifs is 1. The van der Waals surface area contributed by atoms with Crippen molar-refractivity contribution in [2.24, 2.45) is 0 Å². The van der Waals surface area contributed by atoms with Crippen LogP contribution in [0.2, 0.25) is 0 Å². The van der Waals surface area contributed by atoms with E-state index in [4.69, 9.17) is 5.11 Å². The molecule has 0 saturated carbocycles. The molecule has 4 aromatic rings. The van der Waals surface area contributed by atoms with E-state index in [9.17, 15) is 9.59 Å². The summed E-state index contributed by atoms with van der Waals surface area (Å²) in [5.41, 5.74) is 6.26. The van der Waals surface area contributed by atoms with Crippen molar-refractivity contribution in [2.75, 3.05) is 23.8 Å². The molecular weight excluding hydrogens is 454 g/mol. The van der Waals surface area contributed by atoms with Crippen LogP contribution in [0.15, 0.2) is 67.1 Å². The van der Waals surface area contributed by atoms with Crippen LogP contribution in [0.1, 0.15) is 42.3 Å². The summed E-state index contributed by atoms with van der Waals surface area (Å²) >= 11 is 0. The van der Waals surface area contributed by atoms with Gasteiger partial charge in [0.1, 0.15) is 0 Å². The first-order valence-corrected chi connectivity index (χ1v) is 11.8. The van der Waals surface area contributed by atoms with Crippen molar-refractivity contribution in [3.8, 4) is 11.1 Å². The number of hydrogen-bond donors (Lipinski definition) is 4. The van der Waals surface area contributed by atoms with E-state index in [2.05, 4.69) is 41.7 Å². The number of carbonyl (C=O) groups excluding carboxylic acids is 2. The highest BCUT2D eigenvalue weighted by atomic mass is 16.3. The van der Waals surface area contributed by atoms with Crippen LogP contribution >= 0.6 is 0 Å². The van der Waals surface area contributed by atoms with Gasteiger partial charge in [-0.15, -0.1) is 0 Å². The number of aliphatic hydroxyl groups excluding tert-OH is 1. The van der Waals surface area contributed by atoms with Gasteiger partial charge in [-0.3, -0.25) is 4.79 Å². The highest BCUT2D eigenvalue weighted by molar-refractivity contribution is 6.05. The van der Waals surface area contributed by atoms with Crippen LogP contribution in [0.3, 0.4) is 0 Å². The lowest BCUT2D eigenvalue weighted by atomic mass is 9.86. The molecular formula is C28H31N5O3. The minimum absolute atomic E-state index is 0.0173. The van der Waals surface area contributed by atoms with Gasteiger partial charge >= 0.3 is 6.03 Å². The minimum atomic E-state index is -0.429. The fourth-order valence-electron chi connectivity index (χ4n) is 4.01. The van der Waals surface area contributed by atoms with Gasteiger partial charge in [0, 0.05) is 41.9 Å². The topological polar surface area (TPSA) is 108 Å². The number of rotatable bonds is 6. The molecule has 0 bridgehead atoms. The number of nitrogens with zero attached hydrogens (tertiary/aromatic N) is 2. The first kappa shape index (κ1) is 24.9. The van der Waals surface area contributed by atoms with E-state index in [1.54, 1.807) is 12.4 Å². The minimum Gasteiger partial charge on any atom is -0.395 e. The van der Waals surface area contributed by atoms with E-state index in [0.29, 0.717) is 22.6 Å². The largest absolute Gasteiger partial charge is 0.395 e. The van der Waals surface area contributed by atoms with Gasteiger partial charge in [-0.25, -0.2) is 9.78 Å². The van der Waals surface area contributed by atoms with E-state index in [0.717, 1.165) is 16.7 Å². The molecule has 0 aliphatic heterocycles. The predicted molar refractivity (Wildman–Crippen MR) is 143 cm³/mol. The predicted octanol–water partition coefficient (Wildman–Crippen LogP) is 4.97. The Morgan fingerprint density at radius 2 is 1.78 bits per heavy atom. The standard InChI is InChI=1S/C28H31N5O3/c1-18-22(20-16-24(32-27(36)30-13-15-34)25-29-12-14-33(25)17-20)6-5-7-23(18)31-26(35)19-8-10-21(11-9-19)28(2,3)4/h5-12,14,16-17,34H,13,15H2,1-4H3,(H,31,35)(H2,30,32,36). The van der Waals surface area contributed by atoms with Crippen molar-refractivity contribution < 1.29 is 14.7 Å². The molecule has 3 amide bonds. The number of pyridine rings is 1. The van der Waals surface area contributed by atoms with Gasteiger partial charge in [-0.1, -0.05) is 45.0 Å². The van der Waals surface area contributed by atoms with Crippen molar-refractivity contribution in [1.29, 1.82) is 0 Å². The monoisotopic (exact) mass is 485 g/mol. The maximum absolute atomic E-state index is 13.0. The summed E-state index contributed by atoms with van der Waals surface area (Å²) in [6.07, 6.45) is 5.39. The fourth-order valence-corrected chi connectivity index (χ4v) is 4.01. The molecule has 0 fully saturated rings. The van der Waals surface area contributed by atoms with E-state index >= 15 is 0 Å². The highest BCUT2D eigenvalue weighted by Crippen LogP contribution is 2.32. The number of anilines is 2. The van der Waals surface area contributed by atoms with Crippen molar-refractivity contribution in [1.82, 2.24) is 14.7 Å². The second kappa shape index (κ2) is 10.2. The van der Waals surface area contributed by atoms with Crippen molar-refractivity contribution in [3.63, 3.8) is 0 Å². The van der Waals surface area contributed by atoms with Gasteiger partial charge in [0.2, 0.25) is 0 Å². The van der Waals surface area contributed by atoms with Gasteiger partial charge in [0.15, 0.2) is 5.65 Å². The molecule has 4 N–H and O–H groups in total. The normalized spacial score (nSPS) is 11.4. The zero-order chi connectivity index (χ0) is 25.9. The number of carbonyl (C=O) groups is 2. The molecule has 0 spiro atoms. The Labute approximate surface area is 210 Å². The number of amides is 3. The van der Waals surface area contributed by atoms with Gasteiger partial charge in [0.25, 0.3) is 5.91 Å². The zero-order valence-electron chi connectivity index (χ0n) is 20.9. The zero-order valence-corrected chi connectivity index (χ0v) is 20.9. The number of nitrogens with one attached hydrogen (secondary N) is 3. The van der Waals surface area contributed by atoms with Gasteiger partial charge in [-0.05, 0) is 53.3 Å². The Morgan fingerprint density at radius 1 is 1.03 bits per heavy atom. The molecule has 0 aliphatic carbocycles. The Morgan fingerprint density at radius 3 is 2.47 bits per heavy atom. The van der Waals surface area contributed by atoms with Gasteiger partial charge in [-0.2, -0.15) is 0 Å². The van der Waals surface area contributed by atoms with Crippen LogP contribution in [-0.4, -0.2) is 39.6 Å². The molecule has 8 nitrogen and oxygen atoms in total. The lowest BCUT2D eigenvalue weighted by Crippen LogP contribution is -2.31. The summed E-state index contributed by atoms with van der Waals surface area (Å²) in [5, 5.41) is 17.4. The molecule has 186 valence electrons. The third kappa shape index (κ3) is 5.39. The molecule has 4 rings (SSSR count). The Hall–Kier alpha value is -4.17. The number of imidazole rings is 1. The molecule has 2 heterocycles. The summed E-state index contributed by atoms with van der Waals surface area (Å²) in [6, 6.07) is 14.8. The first-order chi connectivity index (χ1) is 17.2. The van der Waals surface area contributed by atoms with E-state index in [-0.39, 0.29) is 24.5 Å². The van der Waals surface area contributed by atoms with E-state index < -0.39 is 6.03 Å². The molecule has 2 aromatic heterocycles. The molecule has 0 radical (unpaired) electrons. The third-order valence-corrected chi connectivity index (χ3v) is 6.04. The van der Waals surface area contributed by atoms with Crippen LogP contribution in [0, 0.1) is 6.92 Å². The number of aromatic nitrogens is 2. The molecule has 8 heteroatoms. The maximum Gasteiger partial charge on any atom is 0.319 e. The van der Waals surface area contributed by atoms with Crippen molar-refractivity contribution >= 4 is 29.0 Å². The van der Waals surface area contributed by atoms with Crippen LogP contribution in [0.4, 0.5) is 16.2 Å². The molecule has 0 aliphatic rings. The summed E-state index contributed by atoms with van der Waals surface area (Å²) in [4.78, 5) is 29.5. The lowest BCUT2D eigenvalue weighted by molar-refractivity contribution is 0.102. The smallest absolute Gasteiger partial charge is 0.319 e. The van der Waals surface area contributed by atoms with Crippen LogP contribution in [-0.2, 0) is 5.41 Å². The maximum atomic E-state index is 13.0. The number of urea groups is 1. The average Bonchev–Trinajstić information content (AvgIpc) is 3.32. The van der Waals surface area contributed by atoms with Crippen molar-refractivity contribution in [2.45, 2.75) is 33.1 Å². The Kier molecular flexibility index (Phi) is 7.07. The van der Waals surface area contributed by atoms with E-state index in [1.807, 2.05) is 66.1 Å². The SMILES string of the molecule is Cc1c(NC(=O)c2ccc(C(C)(C)C)cc2)cccc1-c1cc(NC(=O)NCCO)c2nccn2c1. The lowest BCUT2D eigenvalue weighted by Gasteiger charge is -2.19. The molecule has 0 saturated heterocycles. The molecule has 36 heavy (non-hydrogen) atoms. The summed E-state index contributed by atoms with van der Waals surface area (Å²) < 4.78 is 1.83. The second-order valence-electron chi connectivity index (χ2n) is 9.66. The quantitative estimate of drug-likeness (QED) is 0.309. The fraction of sp³-hybridized carbons (Fsp3) is 0.250. The molecule has 0 unspecified atom stereocenters. The first-order valence-electron chi connectivity index (χ1n) is 11.8. The number of benzene rings is 2. The Balaban J connectivity index is 1.62. The van der Waals surface area contributed by atoms with Crippen molar-refractivity contribution in [3.05, 3.63) is 83.8 Å². The summed E-state index contributed by atoms with van der Waals surface area (Å²) in [7, 11) is 0. The van der Waals surface area contributed by atoms with Crippen LogP contribution in [0.25, 0.3) is 16.8 Å². The van der Waals surface area contributed by atoms with E-state index in [1.165, 1.54) is 5.56 Å². The number of hydrogen-bond acceptors (Lipinski definition) is 4. The molecule has 2 aromatic carbocycles. The summed E-state index contributed by atoms with van der Waals surface area (Å²) in [6.45, 7) is 8.37. The molecule has 0 atom stereocenters. The van der Waals surface area contributed by atoms with Gasteiger partial charge in [0.05, 0.1) is 12.3 Å². The average molecular weight is 486 g/mol. The second-order valence-corrected chi connectivity index (χ2v) is 9.66. The van der Waals surface area contributed by atoms with Gasteiger partial charge < -0.3 is 25.5 Å². The number of aliphatic hydroxyl groups is 1. The summed E-state index contributed by atoms with van der Waals surface area (Å²) in [5.74, 6) is -0.177. The third-order valence-electron chi connectivity index (χ3n) is 6.04. The highest BCUT2D eigenvalue weighted by Gasteiger charge is 2.16. The van der Waals surface area contributed by atoms with Crippen LogP contribution < -0.4 is 16.0 Å². The Bertz CT molecular complexity index is 1400. The van der Waals surface area contributed by atoms with Crippen LogP contribution in [0.5, 0.6) is 0 Å².